The first-order valence-corrected chi connectivity index (χ1v) is 10.7. The Morgan fingerprint density at radius 2 is 2.04 bits per heavy atom. The van der Waals surface area contributed by atoms with Crippen LogP contribution in [0.25, 0.3) is 0 Å². The van der Waals surface area contributed by atoms with E-state index in [0.29, 0.717) is 18.9 Å². The molecule has 1 saturated heterocycles. The number of nitrogens with zero attached hydrogens (tertiary/aromatic N) is 2. The quantitative estimate of drug-likeness (QED) is 0.678. The Bertz CT molecular complexity index is 699. The molecule has 2 saturated carbocycles. The lowest BCUT2D eigenvalue weighted by molar-refractivity contribution is -0.134. The molecule has 0 unspecified atom stereocenters. The van der Waals surface area contributed by atoms with Gasteiger partial charge in [0, 0.05) is 12.0 Å². The van der Waals surface area contributed by atoms with Gasteiger partial charge < -0.3 is 0 Å². The molecule has 0 aromatic heterocycles. The molecule has 0 aromatic carbocycles. The third-order valence-corrected chi connectivity index (χ3v) is 9.17. The fraction of sp³-hybridized carbons (Fsp3) is 0.737. The lowest BCUT2D eigenvalue weighted by atomic mass is 9.69. The van der Waals surface area contributed by atoms with E-state index in [9.17, 15) is 13.2 Å². The molecule has 2 aliphatic carbocycles. The van der Waals surface area contributed by atoms with Gasteiger partial charge in [0.05, 0.1) is 17.8 Å². The summed E-state index contributed by atoms with van der Waals surface area (Å²) in [6, 6.07) is -0.689. The summed E-state index contributed by atoms with van der Waals surface area (Å²) in [5.74, 6) is 0.327. The summed E-state index contributed by atoms with van der Waals surface area (Å²) in [6.07, 6.45) is 6.64. The molecule has 5 nitrogen and oxygen atoms in total. The lowest BCUT2D eigenvalue weighted by Gasteiger charge is -2.38. The average molecular weight is 367 g/mol. The molecule has 0 N–H and O–H groups in total. The zero-order valence-electron chi connectivity index (χ0n) is 15.6. The molecular weight excluding hydrogens is 336 g/mol. The van der Waals surface area contributed by atoms with Crippen LogP contribution in [-0.2, 0) is 14.8 Å². The lowest BCUT2D eigenvalue weighted by Crippen LogP contribution is -2.52. The van der Waals surface area contributed by atoms with Gasteiger partial charge in [0.1, 0.15) is 0 Å². The Labute approximate surface area is 151 Å². The maximum absolute atomic E-state index is 13.3. The summed E-state index contributed by atoms with van der Waals surface area (Å²) in [4.78, 5) is 15.2. The molecule has 4 atom stereocenters. The first kappa shape index (κ1) is 18.6. The molecule has 1 heterocycles. The van der Waals surface area contributed by atoms with Crippen LogP contribution in [0.5, 0.6) is 0 Å². The van der Waals surface area contributed by atoms with E-state index >= 15 is 0 Å². The highest BCUT2D eigenvalue weighted by Crippen LogP contribution is 2.70. The van der Waals surface area contributed by atoms with Gasteiger partial charge in [-0.15, -0.1) is 13.2 Å². The highest BCUT2D eigenvalue weighted by atomic mass is 32.2. The van der Waals surface area contributed by atoms with Crippen molar-refractivity contribution in [3.05, 3.63) is 25.3 Å². The van der Waals surface area contributed by atoms with Crippen molar-refractivity contribution >= 4 is 15.9 Å². The first-order valence-electron chi connectivity index (χ1n) is 9.10. The molecule has 2 bridgehead atoms. The number of carbonyl (C=O) groups is 1. The molecule has 25 heavy (non-hydrogen) atoms. The summed E-state index contributed by atoms with van der Waals surface area (Å²) < 4.78 is 27.3. The van der Waals surface area contributed by atoms with Crippen LogP contribution in [0.4, 0.5) is 0 Å². The Kier molecular flexibility index (Phi) is 4.44. The van der Waals surface area contributed by atoms with Crippen molar-refractivity contribution in [1.82, 2.24) is 9.21 Å². The van der Waals surface area contributed by atoms with E-state index in [1.54, 1.807) is 12.2 Å². The Hall–Kier alpha value is -1.14. The Morgan fingerprint density at radius 1 is 1.36 bits per heavy atom. The highest BCUT2D eigenvalue weighted by molar-refractivity contribution is 7.90. The van der Waals surface area contributed by atoms with Crippen molar-refractivity contribution in [3.63, 3.8) is 0 Å². The SMILES string of the molecule is C=CC[C@H](C(=O)N1[C@H]2C[C@@H]3CC[C@@]2(CS1(=O)=O)C3(C)C)N(C)CC=C. The predicted octanol–water partition coefficient (Wildman–Crippen LogP) is 2.42. The summed E-state index contributed by atoms with van der Waals surface area (Å²) in [6.45, 7) is 12.4. The number of hydrogen-bond acceptors (Lipinski definition) is 4. The average Bonchev–Trinajstić information content (AvgIpc) is 2.99. The third kappa shape index (κ3) is 2.44. The zero-order valence-corrected chi connectivity index (χ0v) is 16.4. The zero-order chi connectivity index (χ0) is 18.6. The number of carbonyl (C=O) groups excluding carboxylic acids is 1. The van der Waals surface area contributed by atoms with Gasteiger partial charge in [-0.3, -0.25) is 9.69 Å². The topological polar surface area (TPSA) is 57.7 Å². The van der Waals surface area contributed by atoms with Gasteiger partial charge in [0.25, 0.3) is 5.91 Å². The van der Waals surface area contributed by atoms with E-state index in [2.05, 4.69) is 27.0 Å². The molecule has 0 aromatic rings. The van der Waals surface area contributed by atoms with Crippen molar-refractivity contribution in [3.8, 4) is 0 Å². The molecule has 1 aliphatic heterocycles. The molecule has 1 amide bonds. The van der Waals surface area contributed by atoms with Crippen molar-refractivity contribution < 1.29 is 13.2 Å². The van der Waals surface area contributed by atoms with Crippen LogP contribution in [0.1, 0.15) is 39.5 Å². The summed E-state index contributed by atoms with van der Waals surface area (Å²) >= 11 is 0. The molecule has 3 aliphatic rings. The van der Waals surface area contributed by atoms with Crippen molar-refractivity contribution in [2.24, 2.45) is 16.7 Å². The minimum absolute atomic E-state index is 0.0271. The van der Waals surface area contributed by atoms with Crippen LogP contribution in [0.2, 0.25) is 0 Å². The summed E-state index contributed by atoms with van der Waals surface area (Å²) in [7, 11) is -1.74. The van der Waals surface area contributed by atoms with E-state index in [1.165, 1.54) is 4.31 Å². The van der Waals surface area contributed by atoms with Gasteiger partial charge in [-0.25, -0.2) is 12.7 Å². The molecular formula is C19H30N2O3S. The van der Waals surface area contributed by atoms with Gasteiger partial charge in [-0.2, -0.15) is 0 Å². The van der Waals surface area contributed by atoms with Crippen LogP contribution >= 0.6 is 0 Å². The monoisotopic (exact) mass is 366 g/mol. The van der Waals surface area contributed by atoms with Crippen molar-refractivity contribution in [2.45, 2.75) is 51.6 Å². The molecule has 1 spiro atoms. The van der Waals surface area contributed by atoms with E-state index in [0.717, 1.165) is 19.3 Å². The third-order valence-electron chi connectivity index (χ3n) is 7.25. The van der Waals surface area contributed by atoms with E-state index in [4.69, 9.17) is 0 Å². The number of sulfonamides is 1. The number of rotatable bonds is 6. The van der Waals surface area contributed by atoms with E-state index in [-0.39, 0.29) is 28.5 Å². The van der Waals surface area contributed by atoms with E-state index < -0.39 is 16.1 Å². The predicted molar refractivity (Wildman–Crippen MR) is 99.4 cm³/mol. The normalized spacial score (nSPS) is 35.6. The maximum Gasteiger partial charge on any atom is 0.253 e. The molecule has 3 fully saturated rings. The number of fused-ring (bicyclic) bond motifs is 1. The minimum Gasteiger partial charge on any atom is -0.291 e. The highest BCUT2D eigenvalue weighted by Gasteiger charge is 2.72. The Morgan fingerprint density at radius 3 is 2.60 bits per heavy atom. The van der Waals surface area contributed by atoms with Gasteiger partial charge in [0.15, 0.2) is 0 Å². The molecule has 6 heteroatoms. The van der Waals surface area contributed by atoms with Crippen molar-refractivity contribution in [2.75, 3.05) is 19.3 Å². The van der Waals surface area contributed by atoms with Crippen LogP contribution < -0.4 is 0 Å². The first-order chi connectivity index (χ1) is 11.6. The Balaban J connectivity index is 1.97. The van der Waals surface area contributed by atoms with Crippen LogP contribution in [0.3, 0.4) is 0 Å². The standard InChI is InChI=1S/C19H30N2O3S/c1-6-8-15(20(5)11-7-2)17(22)21-16-12-14-9-10-19(16,18(14,3)4)13-25(21,23)24/h6-7,14-16H,1-2,8-13H2,3-5H3/t14-,15+,16-,19-/m0/s1. The van der Waals surface area contributed by atoms with Gasteiger partial charge in [0.2, 0.25) is 10.0 Å². The number of likely N-dealkylation sites (N-methyl/N-ethyl adjacent to an activating group) is 1. The second-order valence-corrected chi connectivity index (χ2v) is 10.4. The minimum atomic E-state index is -3.58. The summed E-state index contributed by atoms with van der Waals surface area (Å²) in [5.41, 5.74) is -0.303. The largest absolute Gasteiger partial charge is 0.291 e. The van der Waals surface area contributed by atoms with Crippen molar-refractivity contribution in [1.29, 1.82) is 0 Å². The number of hydrogen-bond donors (Lipinski definition) is 0. The maximum atomic E-state index is 13.3. The molecule has 0 radical (unpaired) electrons. The van der Waals surface area contributed by atoms with Crippen LogP contribution in [-0.4, -0.2) is 55.0 Å². The fourth-order valence-electron chi connectivity index (χ4n) is 5.68. The number of amides is 1. The van der Waals surface area contributed by atoms with Gasteiger partial charge >= 0.3 is 0 Å². The fourth-order valence-corrected chi connectivity index (χ4v) is 8.25. The smallest absolute Gasteiger partial charge is 0.253 e. The molecule has 3 rings (SSSR count). The second kappa shape index (κ2) is 5.95. The summed E-state index contributed by atoms with van der Waals surface area (Å²) in [5, 5.41) is 0. The van der Waals surface area contributed by atoms with Crippen LogP contribution in [0.15, 0.2) is 25.3 Å². The van der Waals surface area contributed by atoms with E-state index in [1.807, 2.05) is 11.9 Å². The van der Waals surface area contributed by atoms with Gasteiger partial charge in [-0.1, -0.05) is 26.0 Å². The van der Waals surface area contributed by atoms with Crippen LogP contribution in [0, 0.1) is 16.7 Å². The second-order valence-electron chi connectivity index (χ2n) is 8.52. The molecule has 140 valence electrons. The van der Waals surface area contributed by atoms with Gasteiger partial charge in [-0.05, 0) is 44.1 Å².